The first-order valence-electron chi connectivity index (χ1n) is 9.87. The van der Waals surface area contributed by atoms with Crippen LogP contribution >= 0.6 is 11.8 Å². The van der Waals surface area contributed by atoms with Crippen molar-refractivity contribution in [2.24, 2.45) is 0 Å². The van der Waals surface area contributed by atoms with Crippen LogP contribution in [0.4, 0.5) is 11.4 Å². The van der Waals surface area contributed by atoms with Crippen molar-refractivity contribution in [3.05, 3.63) is 89.0 Å². The van der Waals surface area contributed by atoms with Crippen molar-refractivity contribution >= 4 is 39.1 Å². The molecule has 0 fully saturated rings. The maximum absolute atomic E-state index is 12.7. The van der Waals surface area contributed by atoms with Crippen molar-refractivity contribution < 1.29 is 13.2 Å². The van der Waals surface area contributed by atoms with Gasteiger partial charge < -0.3 is 5.32 Å². The zero-order chi connectivity index (χ0) is 22.4. The van der Waals surface area contributed by atoms with E-state index in [0.717, 1.165) is 16.9 Å². The van der Waals surface area contributed by atoms with Gasteiger partial charge in [0.1, 0.15) is 0 Å². The second-order valence-electron chi connectivity index (χ2n) is 7.42. The third-order valence-electron chi connectivity index (χ3n) is 4.83. The van der Waals surface area contributed by atoms with E-state index in [1.54, 1.807) is 30.0 Å². The second-order valence-corrected chi connectivity index (χ2v) is 10.1. The van der Waals surface area contributed by atoms with Crippen molar-refractivity contribution in [1.29, 1.82) is 0 Å². The molecule has 3 aromatic carbocycles. The summed E-state index contributed by atoms with van der Waals surface area (Å²) in [6.45, 7) is 5.88. The van der Waals surface area contributed by atoms with Gasteiger partial charge in [-0.25, -0.2) is 8.42 Å². The molecule has 0 spiro atoms. The van der Waals surface area contributed by atoms with Crippen molar-refractivity contribution in [1.82, 2.24) is 0 Å². The largest absolute Gasteiger partial charge is 0.325 e. The van der Waals surface area contributed by atoms with E-state index >= 15 is 0 Å². The summed E-state index contributed by atoms with van der Waals surface area (Å²) in [5.74, 6) is 0.965. The van der Waals surface area contributed by atoms with E-state index in [2.05, 4.69) is 29.1 Å². The highest BCUT2D eigenvalue weighted by Gasteiger charge is 2.15. The van der Waals surface area contributed by atoms with Gasteiger partial charge in [-0.05, 0) is 67.8 Å². The minimum atomic E-state index is -3.71. The molecule has 0 aliphatic heterocycles. The summed E-state index contributed by atoms with van der Waals surface area (Å²) in [6.07, 6.45) is 0. The van der Waals surface area contributed by atoms with Crippen LogP contribution in [-0.2, 0) is 20.6 Å². The molecular weight excluding hydrogens is 428 g/mol. The molecule has 0 saturated carbocycles. The van der Waals surface area contributed by atoms with Crippen LogP contribution in [-0.4, -0.2) is 20.1 Å². The molecule has 1 amide bonds. The van der Waals surface area contributed by atoms with Crippen molar-refractivity contribution in [2.45, 2.75) is 31.4 Å². The number of nitrogens with one attached hydrogen (secondary N) is 2. The van der Waals surface area contributed by atoms with Gasteiger partial charge in [0.25, 0.3) is 10.0 Å². The van der Waals surface area contributed by atoms with Crippen molar-refractivity contribution in [2.75, 3.05) is 15.8 Å². The molecule has 5 nitrogen and oxygen atoms in total. The molecule has 0 aromatic heterocycles. The maximum Gasteiger partial charge on any atom is 0.261 e. The van der Waals surface area contributed by atoms with E-state index < -0.39 is 10.0 Å². The Morgan fingerprint density at radius 1 is 0.903 bits per heavy atom. The molecule has 0 saturated heterocycles. The summed E-state index contributed by atoms with van der Waals surface area (Å²) in [6, 6.07) is 19.8. The Morgan fingerprint density at radius 2 is 1.61 bits per heavy atom. The molecule has 0 aliphatic rings. The normalized spacial score (nSPS) is 11.2. The molecule has 0 bridgehead atoms. The van der Waals surface area contributed by atoms with Gasteiger partial charge in [0.05, 0.1) is 16.3 Å². The van der Waals surface area contributed by atoms with Gasteiger partial charge in [0.2, 0.25) is 5.91 Å². The van der Waals surface area contributed by atoms with Gasteiger partial charge in [-0.15, -0.1) is 11.8 Å². The lowest BCUT2D eigenvalue weighted by Gasteiger charge is -2.12. The lowest BCUT2D eigenvalue weighted by atomic mass is 10.1. The van der Waals surface area contributed by atoms with Crippen LogP contribution in [0.2, 0.25) is 0 Å². The zero-order valence-corrected chi connectivity index (χ0v) is 19.4. The van der Waals surface area contributed by atoms with Crippen LogP contribution in [0.1, 0.15) is 22.3 Å². The molecule has 2 N–H and O–H groups in total. The summed E-state index contributed by atoms with van der Waals surface area (Å²) in [4.78, 5) is 12.4. The average Bonchev–Trinajstić information content (AvgIpc) is 2.72. The first-order chi connectivity index (χ1) is 14.7. The molecule has 162 valence electrons. The fourth-order valence-corrected chi connectivity index (χ4v) is 5.11. The summed E-state index contributed by atoms with van der Waals surface area (Å²) in [5.41, 5.74) is 5.46. The van der Waals surface area contributed by atoms with Gasteiger partial charge in [-0.2, -0.15) is 0 Å². The standard InChI is InChI=1S/C24H26N2O3S2/c1-17-8-13-23(19(3)14-17)26-31(28,29)22-11-9-21(10-12-22)25-24(27)16-30-15-20-7-5-4-6-18(20)2/h4-14,26H,15-16H2,1-3H3,(H,25,27). The van der Waals surface area contributed by atoms with Gasteiger partial charge in [0.15, 0.2) is 0 Å². The first kappa shape index (κ1) is 22.9. The van der Waals surface area contributed by atoms with Crippen LogP contribution in [0.3, 0.4) is 0 Å². The third kappa shape index (κ3) is 6.35. The molecule has 0 atom stereocenters. The van der Waals surface area contributed by atoms with E-state index in [4.69, 9.17) is 0 Å². The fraction of sp³-hybridized carbons (Fsp3) is 0.208. The SMILES string of the molecule is Cc1ccc(NS(=O)(=O)c2ccc(NC(=O)CSCc3ccccc3C)cc2)c(C)c1. The summed E-state index contributed by atoms with van der Waals surface area (Å²) < 4.78 is 28.0. The number of hydrogen-bond acceptors (Lipinski definition) is 4. The molecule has 0 heterocycles. The molecule has 31 heavy (non-hydrogen) atoms. The van der Waals surface area contributed by atoms with Gasteiger partial charge >= 0.3 is 0 Å². The molecule has 0 radical (unpaired) electrons. The second kappa shape index (κ2) is 10.0. The van der Waals surface area contributed by atoms with Crippen LogP contribution in [0, 0.1) is 20.8 Å². The van der Waals surface area contributed by atoms with Crippen molar-refractivity contribution in [3.63, 3.8) is 0 Å². The number of hydrogen-bond donors (Lipinski definition) is 2. The highest BCUT2D eigenvalue weighted by Crippen LogP contribution is 2.22. The first-order valence-corrected chi connectivity index (χ1v) is 12.5. The summed E-state index contributed by atoms with van der Waals surface area (Å²) >= 11 is 1.54. The average molecular weight is 455 g/mol. The number of amides is 1. The zero-order valence-electron chi connectivity index (χ0n) is 17.8. The highest BCUT2D eigenvalue weighted by atomic mass is 32.2. The molecule has 0 aliphatic carbocycles. The Morgan fingerprint density at radius 3 is 2.29 bits per heavy atom. The van der Waals surface area contributed by atoms with Crippen LogP contribution in [0.25, 0.3) is 0 Å². The lowest BCUT2D eigenvalue weighted by molar-refractivity contribution is -0.113. The minimum absolute atomic E-state index is 0.123. The quantitative estimate of drug-likeness (QED) is 0.485. The minimum Gasteiger partial charge on any atom is -0.325 e. The lowest BCUT2D eigenvalue weighted by Crippen LogP contribution is -2.15. The predicted octanol–water partition coefficient (Wildman–Crippen LogP) is 5.28. The number of aryl methyl sites for hydroxylation is 3. The van der Waals surface area contributed by atoms with Crippen LogP contribution in [0.5, 0.6) is 0 Å². The number of anilines is 2. The maximum atomic E-state index is 12.7. The number of rotatable bonds is 8. The Bertz CT molecular complexity index is 1170. The van der Waals surface area contributed by atoms with Crippen LogP contribution in [0.15, 0.2) is 71.6 Å². The summed E-state index contributed by atoms with van der Waals surface area (Å²) in [7, 11) is -3.71. The van der Waals surface area contributed by atoms with Gasteiger partial charge in [-0.3, -0.25) is 9.52 Å². The van der Waals surface area contributed by atoms with E-state index in [1.165, 1.54) is 23.3 Å². The Labute approximate surface area is 188 Å². The monoisotopic (exact) mass is 454 g/mol. The van der Waals surface area contributed by atoms with Crippen LogP contribution < -0.4 is 10.0 Å². The Kier molecular flexibility index (Phi) is 7.41. The molecule has 3 rings (SSSR count). The molecule has 7 heteroatoms. The smallest absolute Gasteiger partial charge is 0.261 e. The third-order valence-corrected chi connectivity index (χ3v) is 7.19. The molecule has 3 aromatic rings. The number of carbonyl (C=O) groups excluding carboxylic acids is 1. The Balaban J connectivity index is 1.56. The highest BCUT2D eigenvalue weighted by molar-refractivity contribution is 7.99. The number of benzene rings is 3. The molecule has 0 unspecified atom stereocenters. The van der Waals surface area contributed by atoms with E-state index in [1.807, 2.05) is 38.1 Å². The van der Waals surface area contributed by atoms with E-state index in [9.17, 15) is 13.2 Å². The van der Waals surface area contributed by atoms with Gasteiger partial charge in [0, 0.05) is 11.4 Å². The topological polar surface area (TPSA) is 75.3 Å². The fourth-order valence-electron chi connectivity index (χ4n) is 3.07. The number of thioether (sulfide) groups is 1. The van der Waals surface area contributed by atoms with E-state index in [0.29, 0.717) is 17.1 Å². The summed E-state index contributed by atoms with van der Waals surface area (Å²) in [5, 5.41) is 2.81. The predicted molar refractivity (Wildman–Crippen MR) is 129 cm³/mol. The molecular formula is C24H26N2O3S2. The number of sulfonamides is 1. The van der Waals surface area contributed by atoms with E-state index in [-0.39, 0.29) is 10.8 Å². The van der Waals surface area contributed by atoms with Gasteiger partial charge in [-0.1, -0.05) is 42.0 Å². The number of carbonyl (C=O) groups is 1. The van der Waals surface area contributed by atoms with Crippen molar-refractivity contribution in [3.8, 4) is 0 Å². The Hall–Kier alpha value is -2.77.